The fraction of sp³-hybridized carbons (Fsp3) is 0.179. The number of rotatable bonds is 10. The molecule has 4 rings (SSSR count). The van der Waals surface area contributed by atoms with Gasteiger partial charge in [0.2, 0.25) is 10.0 Å². The molecule has 0 atom stereocenters. The Kier molecular flexibility index (Phi) is 8.20. The maximum Gasteiger partial charge on any atom is 0.305 e. The van der Waals surface area contributed by atoms with E-state index in [1.807, 2.05) is 48.5 Å². The van der Waals surface area contributed by atoms with Crippen molar-refractivity contribution >= 4 is 16.0 Å². The third kappa shape index (κ3) is 6.41. The van der Waals surface area contributed by atoms with Crippen LogP contribution in [0, 0.1) is 0 Å². The van der Waals surface area contributed by atoms with Gasteiger partial charge in [-0.25, -0.2) is 18.4 Å². The second-order valence-electron chi connectivity index (χ2n) is 8.31. The molecular formula is C28H27N3O4S. The third-order valence-electron chi connectivity index (χ3n) is 5.78. The van der Waals surface area contributed by atoms with Gasteiger partial charge in [0.15, 0.2) is 0 Å². The van der Waals surface area contributed by atoms with Crippen molar-refractivity contribution in [3.8, 4) is 11.1 Å². The van der Waals surface area contributed by atoms with Crippen LogP contribution in [0.5, 0.6) is 0 Å². The molecule has 0 aliphatic heterocycles. The standard InChI is InChI=1S/C28H27N3O4S/c1-35-28(32)15-12-22-6-5-7-24(16-22)20-31(36(33,34)27-8-3-2-4-9-27)19-23-10-13-25(14-11-23)26-17-29-21-30-18-26/h2-11,13-14,16-18,21H,12,15,19-20H2,1H3. The smallest absolute Gasteiger partial charge is 0.305 e. The van der Waals surface area contributed by atoms with E-state index in [1.54, 1.807) is 42.7 Å². The summed E-state index contributed by atoms with van der Waals surface area (Å²) in [5.41, 5.74) is 4.49. The van der Waals surface area contributed by atoms with Crippen LogP contribution in [-0.2, 0) is 39.1 Å². The van der Waals surface area contributed by atoms with Crippen LogP contribution < -0.4 is 0 Å². The molecule has 0 aliphatic rings. The van der Waals surface area contributed by atoms with Gasteiger partial charge in [-0.3, -0.25) is 4.79 Å². The average molecular weight is 502 g/mol. The Labute approximate surface area is 211 Å². The van der Waals surface area contributed by atoms with Gasteiger partial charge >= 0.3 is 5.97 Å². The number of sulfonamides is 1. The molecule has 36 heavy (non-hydrogen) atoms. The normalized spacial score (nSPS) is 11.4. The first-order valence-electron chi connectivity index (χ1n) is 11.5. The minimum Gasteiger partial charge on any atom is -0.469 e. The molecule has 184 valence electrons. The van der Waals surface area contributed by atoms with Gasteiger partial charge in [-0.05, 0) is 40.8 Å². The summed E-state index contributed by atoms with van der Waals surface area (Å²) in [7, 11) is -2.40. The minimum atomic E-state index is -3.76. The minimum absolute atomic E-state index is 0.192. The number of ether oxygens (including phenoxy) is 1. The number of benzene rings is 3. The van der Waals surface area contributed by atoms with Crippen LogP contribution in [0.1, 0.15) is 23.1 Å². The maximum absolute atomic E-state index is 13.6. The Hall–Kier alpha value is -3.88. The summed E-state index contributed by atoms with van der Waals surface area (Å²) in [5, 5.41) is 0. The molecule has 0 radical (unpaired) electrons. The molecule has 0 bridgehead atoms. The molecule has 3 aromatic carbocycles. The molecule has 4 aromatic rings. The van der Waals surface area contributed by atoms with Crippen molar-refractivity contribution < 1.29 is 17.9 Å². The van der Waals surface area contributed by atoms with Crippen molar-refractivity contribution in [2.75, 3.05) is 7.11 Å². The lowest BCUT2D eigenvalue weighted by atomic mass is 10.1. The van der Waals surface area contributed by atoms with Crippen molar-refractivity contribution in [2.24, 2.45) is 0 Å². The predicted octanol–water partition coefficient (Wildman–Crippen LogP) is 4.64. The predicted molar refractivity (Wildman–Crippen MR) is 137 cm³/mol. The lowest BCUT2D eigenvalue weighted by Gasteiger charge is -2.23. The largest absolute Gasteiger partial charge is 0.469 e. The summed E-state index contributed by atoms with van der Waals surface area (Å²) in [5.74, 6) is -0.279. The van der Waals surface area contributed by atoms with Gasteiger partial charge in [0.25, 0.3) is 0 Å². The van der Waals surface area contributed by atoms with Crippen LogP contribution in [0.25, 0.3) is 11.1 Å². The van der Waals surface area contributed by atoms with E-state index in [4.69, 9.17) is 4.74 Å². The van der Waals surface area contributed by atoms with E-state index >= 15 is 0 Å². The first-order chi connectivity index (χ1) is 17.5. The molecule has 0 unspecified atom stereocenters. The molecule has 8 heteroatoms. The summed E-state index contributed by atoms with van der Waals surface area (Å²) in [6.07, 6.45) is 5.75. The van der Waals surface area contributed by atoms with Gasteiger partial charge in [0, 0.05) is 37.5 Å². The van der Waals surface area contributed by atoms with E-state index in [2.05, 4.69) is 9.97 Å². The van der Waals surface area contributed by atoms with Gasteiger partial charge in [-0.1, -0.05) is 66.7 Å². The number of methoxy groups -OCH3 is 1. The van der Waals surface area contributed by atoms with E-state index in [1.165, 1.54) is 17.7 Å². The first kappa shape index (κ1) is 25.2. The summed E-state index contributed by atoms with van der Waals surface area (Å²) in [6.45, 7) is 0.396. The molecule has 0 fully saturated rings. The molecule has 1 heterocycles. The molecule has 0 spiro atoms. The quantitative estimate of drug-likeness (QED) is 0.294. The molecule has 0 amide bonds. The molecular weight excluding hydrogens is 474 g/mol. The van der Waals surface area contributed by atoms with E-state index in [0.717, 1.165) is 27.8 Å². The lowest BCUT2D eigenvalue weighted by Crippen LogP contribution is -2.30. The van der Waals surface area contributed by atoms with Crippen LogP contribution in [-0.4, -0.2) is 35.8 Å². The molecule has 0 saturated heterocycles. The number of hydrogen-bond donors (Lipinski definition) is 0. The molecule has 0 N–H and O–H groups in total. The van der Waals surface area contributed by atoms with Crippen molar-refractivity contribution in [1.82, 2.24) is 14.3 Å². The van der Waals surface area contributed by atoms with Gasteiger partial charge in [-0.2, -0.15) is 4.31 Å². The second kappa shape index (κ2) is 11.7. The Morgan fingerprint density at radius 2 is 1.47 bits per heavy atom. The number of hydrogen-bond acceptors (Lipinski definition) is 6. The third-order valence-corrected chi connectivity index (χ3v) is 7.59. The lowest BCUT2D eigenvalue weighted by molar-refractivity contribution is -0.140. The molecule has 0 saturated carbocycles. The number of carbonyl (C=O) groups excluding carboxylic acids is 1. The average Bonchev–Trinajstić information content (AvgIpc) is 2.93. The van der Waals surface area contributed by atoms with Crippen molar-refractivity contribution in [3.05, 3.63) is 114 Å². The SMILES string of the molecule is COC(=O)CCc1cccc(CN(Cc2ccc(-c3cncnc3)cc2)S(=O)(=O)c2ccccc2)c1. The van der Waals surface area contributed by atoms with Crippen molar-refractivity contribution in [2.45, 2.75) is 30.8 Å². The Balaban J connectivity index is 1.60. The summed E-state index contributed by atoms with van der Waals surface area (Å²) in [6, 6.07) is 23.8. The number of aryl methyl sites for hydroxylation is 1. The van der Waals surface area contributed by atoms with Crippen LogP contribution in [0.2, 0.25) is 0 Å². The highest BCUT2D eigenvalue weighted by atomic mass is 32.2. The zero-order valence-corrected chi connectivity index (χ0v) is 20.8. The number of aromatic nitrogens is 2. The van der Waals surface area contributed by atoms with Crippen molar-refractivity contribution in [1.29, 1.82) is 0 Å². The summed E-state index contributed by atoms with van der Waals surface area (Å²) in [4.78, 5) is 19.9. The zero-order valence-electron chi connectivity index (χ0n) is 19.9. The van der Waals surface area contributed by atoms with Crippen molar-refractivity contribution in [3.63, 3.8) is 0 Å². The van der Waals surface area contributed by atoms with Gasteiger partial charge in [0.05, 0.1) is 12.0 Å². The number of esters is 1. The molecule has 1 aromatic heterocycles. The summed E-state index contributed by atoms with van der Waals surface area (Å²) >= 11 is 0. The van der Waals surface area contributed by atoms with E-state index in [0.29, 0.717) is 6.42 Å². The summed E-state index contributed by atoms with van der Waals surface area (Å²) < 4.78 is 33.4. The van der Waals surface area contributed by atoms with Crippen LogP contribution in [0.15, 0.2) is 102 Å². The Morgan fingerprint density at radius 1 is 0.806 bits per heavy atom. The maximum atomic E-state index is 13.6. The zero-order chi connectivity index (χ0) is 25.4. The van der Waals surface area contributed by atoms with Gasteiger partial charge in [0.1, 0.15) is 6.33 Å². The van der Waals surface area contributed by atoms with Gasteiger partial charge < -0.3 is 4.74 Å². The molecule has 7 nitrogen and oxygen atoms in total. The highest BCUT2D eigenvalue weighted by Crippen LogP contribution is 2.24. The highest BCUT2D eigenvalue weighted by Gasteiger charge is 2.25. The Bertz CT molecular complexity index is 1390. The first-order valence-corrected chi connectivity index (χ1v) is 12.9. The van der Waals surface area contributed by atoms with E-state index in [9.17, 15) is 13.2 Å². The number of nitrogens with zero attached hydrogens (tertiary/aromatic N) is 3. The van der Waals surface area contributed by atoms with Crippen LogP contribution in [0.3, 0.4) is 0 Å². The monoisotopic (exact) mass is 501 g/mol. The molecule has 0 aliphatic carbocycles. The van der Waals surface area contributed by atoms with Gasteiger partial charge in [-0.15, -0.1) is 0 Å². The van der Waals surface area contributed by atoms with Crippen LogP contribution in [0.4, 0.5) is 0 Å². The topological polar surface area (TPSA) is 89.5 Å². The Morgan fingerprint density at radius 3 is 2.17 bits per heavy atom. The fourth-order valence-corrected chi connectivity index (χ4v) is 5.29. The fourth-order valence-electron chi connectivity index (χ4n) is 3.86. The van der Waals surface area contributed by atoms with Crippen LogP contribution >= 0.6 is 0 Å². The van der Waals surface area contributed by atoms with E-state index < -0.39 is 10.0 Å². The second-order valence-corrected chi connectivity index (χ2v) is 10.2. The number of carbonyl (C=O) groups is 1. The highest BCUT2D eigenvalue weighted by molar-refractivity contribution is 7.89. The van der Waals surface area contributed by atoms with E-state index in [-0.39, 0.29) is 30.4 Å².